The SMILES string of the molecule is CSC(=C[N+](=O)[O-])N(C)C(C)CN(C)CC1COCC1C. The van der Waals surface area contributed by atoms with Crippen molar-refractivity contribution in [1.82, 2.24) is 9.80 Å². The summed E-state index contributed by atoms with van der Waals surface area (Å²) in [6, 6.07) is 0.214. The summed E-state index contributed by atoms with van der Waals surface area (Å²) >= 11 is 1.40. The van der Waals surface area contributed by atoms with Gasteiger partial charge in [-0.1, -0.05) is 6.92 Å². The van der Waals surface area contributed by atoms with E-state index in [9.17, 15) is 10.1 Å². The lowest BCUT2D eigenvalue weighted by atomic mass is 9.97. The first-order valence-corrected chi connectivity index (χ1v) is 8.46. The third kappa shape index (κ3) is 5.84. The third-order valence-corrected chi connectivity index (χ3v) is 4.88. The van der Waals surface area contributed by atoms with E-state index in [4.69, 9.17) is 4.74 Å². The van der Waals surface area contributed by atoms with Gasteiger partial charge >= 0.3 is 0 Å². The zero-order valence-electron chi connectivity index (χ0n) is 13.6. The van der Waals surface area contributed by atoms with Crippen molar-refractivity contribution in [3.05, 3.63) is 21.3 Å². The summed E-state index contributed by atoms with van der Waals surface area (Å²) in [7, 11) is 4.01. The highest BCUT2D eigenvalue weighted by Gasteiger charge is 2.26. The number of rotatable bonds is 8. The molecule has 3 atom stereocenters. The van der Waals surface area contributed by atoms with Crippen molar-refractivity contribution in [3.8, 4) is 0 Å². The van der Waals surface area contributed by atoms with Crippen LogP contribution < -0.4 is 0 Å². The minimum atomic E-state index is -0.393. The van der Waals surface area contributed by atoms with Crippen LogP contribution in [0.1, 0.15) is 13.8 Å². The lowest BCUT2D eigenvalue weighted by molar-refractivity contribution is -0.403. The number of likely N-dealkylation sites (N-methyl/N-ethyl adjacent to an activating group) is 2. The van der Waals surface area contributed by atoms with E-state index in [1.807, 2.05) is 18.2 Å². The molecule has 122 valence electrons. The van der Waals surface area contributed by atoms with E-state index in [-0.39, 0.29) is 6.04 Å². The van der Waals surface area contributed by atoms with Gasteiger partial charge in [0.1, 0.15) is 5.03 Å². The standard InChI is InChI=1S/C14H27N3O3S/c1-11-9-20-10-13(11)7-15(3)6-12(2)16(4)14(21-5)8-17(18)19/h8,11-13H,6-7,9-10H2,1-5H3. The minimum Gasteiger partial charge on any atom is -0.381 e. The van der Waals surface area contributed by atoms with Crippen molar-refractivity contribution < 1.29 is 9.66 Å². The summed E-state index contributed by atoms with van der Waals surface area (Å²) in [6.07, 6.45) is 2.94. The minimum absolute atomic E-state index is 0.214. The Labute approximate surface area is 131 Å². The van der Waals surface area contributed by atoms with Crippen molar-refractivity contribution in [2.45, 2.75) is 19.9 Å². The molecule has 1 saturated heterocycles. The molecule has 0 saturated carbocycles. The molecule has 1 heterocycles. The van der Waals surface area contributed by atoms with Gasteiger partial charge < -0.3 is 14.5 Å². The fourth-order valence-electron chi connectivity index (χ4n) is 2.58. The molecule has 3 unspecified atom stereocenters. The van der Waals surface area contributed by atoms with Crippen molar-refractivity contribution in [1.29, 1.82) is 0 Å². The van der Waals surface area contributed by atoms with Crippen molar-refractivity contribution >= 4 is 11.8 Å². The van der Waals surface area contributed by atoms with Gasteiger partial charge in [0.15, 0.2) is 0 Å². The number of nitrogens with zero attached hydrogens (tertiary/aromatic N) is 3. The monoisotopic (exact) mass is 317 g/mol. The second-order valence-corrected chi connectivity index (χ2v) is 6.74. The molecule has 6 nitrogen and oxygen atoms in total. The van der Waals surface area contributed by atoms with Crippen LogP contribution >= 0.6 is 11.8 Å². The first kappa shape index (κ1) is 18.3. The quantitative estimate of drug-likeness (QED) is 0.504. The maximum absolute atomic E-state index is 10.6. The molecule has 21 heavy (non-hydrogen) atoms. The molecule has 1 rings (SSSR count). The number of hydrogen-bond acceptors (Lipinski definition) is 6. The summed E-state index contributed by atoms with van der Waals surface area (Å²) in [4.78, 5) is 14.5. The van der Waals surface area contributed by atoms with Gasteiger partial charge in [0.25, 0.3) is 6.20 Å². The lowest BCUT2D eigenvalue weighted by Gasteiger charge is -2.31. The summed E-state index contributed by atoms with van der Waals surface area (Å²) in [5.74, 6) is 1.19. The highest BCUT2D eigenvalue weighted by atomic mass is 32.2. The van der Waals surface area contributed by atoms with E-state index in [1.165, 1.54) is 11.8 Å². The van der Waals surface area contributed by atoms with E-state index in [0.29, 0.717) is 16.9 Å². The smallest absolute Gasteiger partial charge is 0.264 e. The lowest BCUT2D eigenvalue weighted by Crippen LogP contribution is -2.40. The van der Waals surface area contributed by atoms with Gasteiger partial charge in [-0.25, -0.2) is 0 Å². The molecule has 0 aromatic heterocycles. The predicted molar refractivity (Wildman–Crippen MR) is 86.8 cm³/mol. The van der Waals surface area contributed by atoms with Crippen molar-refractivity contribution in [2.75, 3.05) is 46.7 Å². The fraction of sp³-hybridized carbons (Fsp3) is 0.857. The molecule has 1 aliphatic rings. The Kier molecular flexibility index (Phi) is 7.48. The summed E-state index contributed by atoms with van der Waals surface area (Å²) in [5.41, 5.74) is 0. The molecule has 0 aliphatic carbocycles. The largest absolute Gasteiger partial charge is 0.381 e. The molecule has 0 spiro atoms. The van der Waals surface area contributed by atoms with Gasteiger partial charge in [0, 0.05) is 32.8 Å². The van der Waals surface area contributed by atoms with Crippen LogP contribution in [-0.4, -0.2) is 67.4 Å². The second kappa shape index (κ2) is 8.60. The Balaban J connectivity index is 2.50. The van der Waals surface area contributed by atoms with Crippen LogP contribution in [0.15, 0.2) is 11.2 Å². The topological polar surface area (TPSA) is 58.9 Å². The number of thioether (sulfide) groups is 1. The van der Waals surface area contributed by atoms with Crippen LogP contribution in [0.4, 0.5) is 0 Å². The van der Waals surface area contributed by atoms with Crippen molar-refractivity contribution in [2.24, 2.45) is 11.8 Å². The van der Waals surface area contributed by atoms with Gasteiger partial charge in [-0.05, 0) is 32.1 Å². The van der Waals surface area contributed by atoms with E-state index < -0.39 is 4.92 Å². The first-order chi connectivity index (χ1) is 9.85. The molecular weight excluding hydrogens is 290 g/mol. The Hall–Kier alpha value is -0.790. The fourth-order valence-corrected chi connectivity index (χ4v) is 3.24. The van der Waals surface area contributed by atoms with Gasteiger partial charge in [-0.15, -0.1) is 11.8 Å². The number of ether oxygens (including phenoxy) is 1. The molecular formula is C14H27N3O3S. The van der Waals surface area contributed by atoms with Crippen LogP contribution in [-0.2, 0) is 4.74 Å². The molecule has 1 aliphatic heterocycles. The molecule has 7 heteroatoms. The van der Waals surface area contributed by atoms with Gasteiger partial charge in [0.2, 0.25) is 0 Å². The van der Waals surface area contributed by atoms with Gasteiger partial charge in [0.05, 0.1) is 11.5 Å². The molecule has 0 N–H and O–H groups in total. The average Bonchev–Trinajstić information content (AvgIpc) is 2.80. The Morgan fingerprint density at radius 3 is 2.67 bits per heavy atom. The zero-order valence-corrected chi connectivity index (χ0v) is 14.4. The third-order valence-electron chi connectivity index (χ3n) is 4.07. The van der Waals surface area contributed by atoms with E-state index in [0.717, 1.165) is 32.5 Å². The molecule has 0 bridgehead atoms. The van der Waals surface area contributed by atoms with Gasteiger partial charge in [-0.2, -0.15) is 0 Å². The maximum atomic E-state index is 10.6. The van der Waals surface area contributed by atoms with E-state index in [1.54, 1.807) is 0 Å². The van der Waals surface area contributed by atoms with Crippen LogP contribution in [0.5, 0.6) is 0 Å². The normalized spacial score (nSPS) is 24.4. The number of hydrogen-bond donors (Lipinski definition) is 0. The molecule has 0 amide bonds. The Bertz CT molecular complexity index is 378. The average molecular weight is 317 g/mol. The first-order valence-electron chi connectivity index (χ1n) is 7.23. The Morgan fingerprint density at radius 2 is 2.19 bits per heavy atom. The van der Waals surface area contributed by atoms with E-state index in [2.05, 4.69) is 25.8 Å². The molecule has 0 aromatic rings. The summed E-state index contributed by atoms with van der Waals surface area (Å²) in [5, 5.41) is 11.3. The van der Waals surface area contributed by atoms with Gasteiger partial charge in [-0.3, -0.25) is 10.1 Å². The molecule has 0 radical (unpaired) electrons. The zero-order chi connectivity index (χ0) is 16.0. The summed E-state index contributed by atoms with van der Waals surface area (Å²) < 4.78 is 5.50. The van der Waals surface area contributed by atoms with Crippen LogP contribution in [0, 0.1) is 22.0 Å². The van der Waals surface area contributed by atoms with Crippen molar-refractivity contribution in [3.63, 3.8) is 0 Å². The number of nitro groups is 1. The highest BCUT2D eigenvalue weighted by Crippen LogP contribution is 2.22. The summed E-state index contributed by atoms with van der Waals surface area (Å²) in [6.45, 7) is 7.90. The maximum Gasteiger partial charge on any atom is 0.264 e. The second-order valence-electron chi connectivity index (χ2n) is 5.91. The van der Waals surface area contributed by atoms with Crippen LogP contribution in [0.2, 0.25) is 0 Å². The Morgan fingerprint density at radius 1 is 1.52 bits per heavy atom. The van der Waals surface area contributed by atoms with E-state index >= 15 is 0 Å². The predicted octanol–water partition coefficient (Wildman–Crippen LogP) is 1.96. The molecule has 0 aromatic carbocycles. The molecule has 1 fully saturated rings. The highest BCUT2D eigenvalue weighted by molar-refractivity contribution is 8.02. The van der Waals surface area contributed by atoms with Crippen LogP contribution in [0.3, 0.4) is 0 Å². The van der Waals surface area contributed by atoms with Crippen LogP contribution in [0.25, 0.3) is 0 Å².